The fourth-order valence-corrected chi connectivity index (χ4v) is 6.05. The molecule has 106 valence electrons. The van der Waals surface area contributed by atoms with E-state index in [4.69, 9.17) is 0 Å². The van der Waals surface area contributed by atoms with Gasteiger partial charge in [0.15, 0.2) is 0 Å². The van der Waals surface area contributed by atoms with Gasteiger partial charge in [0.2, 0.25) is 0 Å². The number of thioether (sulfide) groups is 1. The van der Waals surface area contributed by atoms with E-state index in [0.29, 0.717) is 0 Å². The van der Waals surface area contributed by atoms with E-state index >= 15 is 0 Å². The molecule has 0 saturated carbocycles. The number of hydrogen-bond donors (Lipinski definition) is 0. The zero-order valence-corrected chi connectivity index (χ0v) is 13.7. The lowest BCUT2D eigenvalue weighted by Gasteiger charge is -2.18. The summed E-state index contributed by atoms with van der Waals surface area (Å²) in [7, 11) is -0.240. The van der Waals surface area contributed by atoms with Gasteiger partial charge in [0, 0.05) is 5.75 Å². The highest BCUT2D eigenvalue weighted by molar-refractivity contribution is 8.03. The zero-order chi connectivity index (χ0) is 14.3. The van der Waals surface area contributed by atoms with Crippen LogP contribution in [0.2, 0.25) is 0 Å². The van der Waals surface area contributed by atoms with E-state index in [1.807, 2.05) is 11.8 Å². The molecule has 2 aromatic carbocycles. The lowest BCUT2D eigenvalue weighted by molar-refractivity contribution is 1.40. The van der Waals surface area contributed by atoms with Crippen molar-refractivity contribution in [3.05, 3.63) is 83.8 Å². The van der Waals surface area contributed by atoms with Crippen LogP contribution in [0.5, 0.6) is 0 Å². The van der Waals surface area contributed by atoms with Crippen molar-refractivity contribution in [3.8, 4) is 0 Å². The molecule has 21 heavy (non-hydrogen) atoms. The van der Waals surface area contributed by atoms with Crippen LogP contribution in [0, 0.1) is 0 Å². The predicted molar refractivity (Wildman–Crippen MR) is 98.2 cm³/mol. The summed E-state index contributed by atoms with van der Waals surface area (Å²) in [6, 6.07) is 21.9. The minimum atomic E-state index is -0.240. The molecule has 0 aliphatic heterocycles. The van der Waals surface area contributed by atoms with Crippen LogP contribution >= 0.6 is 19.7 Å². The molecule has 0 N–H and O–H groups in total. The third-order valence-corrected chi connectivity index (χ3v) is 7.37. The molecule has 0 unspecified atom stereocenters. The third-order valence-electron chi connectivity index (χ3n) is 3.48. The molecule has 2 aromatic rings. The average Bonchev–Trinajstić information content (AvgIpc) is 3.07. The number of allylic oxidation sites excluding steroid dienone is 4. The lowest BCUT2D eigenvalue weighted by atomic mass is 10.4. The number of hydrogen-bond acceptors (Lipinski definition) is 1. The highest BCUT2D eigenvalue weighted by Crippen LogP contribution is 2.35. The van der Waals surface area contributed by atoms with Gasteiger partial charge in [-0.05, 0) is 36.0 Å². The molecule has 0 heterocycles. The molecule has 0 bridgehead atoms. The topological polar surface area (TPSA) is 0 Å². The molecular formula is C19H19PS. The molecule has 0 amide bonds. The Labute approximate surface area is 132 Å². The standard InChI is InChI=1S/C19H19PS/c1-3-9-17(10-4-1)20(18-11-5-2-6-12-18)15-16-21-19-13-7-8-14-19/h1-13H,14-16H2. The van der Waals surface area contributed by atoms with Gasteiger partial charge in [0.1, 0.15) is 0 Å². The Hall–Kier alpha value is -1.30. The van der Waals surface area contributed by atoms with Crippen molar-refractivity contribution in [2.75, 3.05) is 11.9 Å². The average molecular weight is 310 g/mol. The van der Waals surface area contributed by atoms with Crippen molar-refractivity contribution >= 4 is 30.3 Å². The second-order valence-electron chi connectivity index (χ2n) is 4.94. The smallest absolute Gasteiger partial charge is 0.00223 e. The maximum absolute atomic E-state index is 2.28. The second kappa shape index (κ2) is 7.64. The predicted octanol–water partition coefficient (Wildman–Crippen LogP) is 4.70. The van der Waals surface area contributed by atoms with Crippen molar-refractivity contribution < 1.29 is 0 Å². The summed E-state index contributed by atoms with van der Waals surface area (Å²) in [6.07, 6.45) is 9.02. The van der Waals surface area contributed by atoms with Crippen LogP contribution in [-0.4, -0.2) is 11.9 Å². The van der Waals surface area contributed by atoms with Crippen molar-refractivity contribution in [1.82, 2.24) is 0 Å². The van der Waals surface area contributed by atoms with Crippen LogP contribution in [0.15, 0.2) is 83.8 Å². The molecule has 0 atom stereocenters. The van der Waals surface area contributed by atoms with Gasteiger partial charge in [0.25, 0.3) is 0 Å². The normalized spacial score (nSPS) is 13.7. The maximum atomic E-state index is 2.28. The number of rotatable bonds is 6. The first-order valence-corrected chi connectivity index (χ1v) is 9.81. The van der Waals surface area contributed by atoms with Crippen LogP contribution in [0.25, 0.3) is 0 Å². The van der Waals surface area contributed by atoms with Gasteiger partial charge in [-0.3, -0.25) is 0 Å². The van der Waals surface area contributed by atoms with E-state index in [1.165, 1.54) is 27.4 Å². The van der Waals surface area contributed by atoms with Crippen molar-refractivity contribution in [1.29, 1.82) is 0 Å². The largest absolute Gasteiger partial charge is 0.130 e. The Bertz CT molecular complexity index is 577. The Kier molecular flexibility index (Phi) is 5.32. The van der Waals surface area contributed by atoms with Crippen LogP contribution in [-0.2, 0) is 0 Å². The summed E-state index contributed by atoms with van der Waals surface area (Å²) in [6.45, 7) is 0. The fraction of sp³-hybridized carbons (Fsp3) is 0.158. The van der Waals surface area contributed by atoms with Gasteiger partial charge in [-0.25, -0.2) is 0 Å². The van der Waals surface area contributed by atoms with E-state index in [9.17, 15) is 0 Å². The molecule has 3 rings (SSSR count). The van der Waals surface area contributed by atoms with Crippen molar-refractivity contribution in [3.63, 3.8) is 0 Å². The SMILES string of the molecule is C1=CCC(SCCP(c2ccccc2)c2ccccc2)=C1. The molecule has 2 heteroatoms. The van der Waals surface area contributed by atoms with Gasteiger partial charge in [-0.15, -0.1) is 11.8 Å². The molecule has 0 radical (unpaired) electrons. The Morgan fingerprint density at radius 2 is 1.48 bits per heavy atom. The van der Waals surface area contributed by atoms with Gasteiger partial charge in [-0.1, -0.05) is 78.9 Å². The highest BCUT2D eigenvalue weighted by atomic mass is 32.2. The summed E-state index contributed by atoms with van der Waals surface area (Å²) < 4.78 is 0. The van der Waals surface area contributed by atoms with E-state index in [1.54, 1.807) is 0 Å². The number of benzene rings is 2. The quantitative estimate of drug-likeness (QED) is 0.697. The first-order valence-electron chi connectivity index (χ1n) is 7.29. The van der Waals surface area contributed by atoms with Crippen molar-refractivity contribution in [2.45, 2.75) is 6.42 Å². The van der Waals surface area contributed by atoms with E-state index in [0.717, 1.165) is 6.42 Å². The zero-order valence-electron chi connectivity index (χ0n) is 12.0. The maximum Gasteiger partial charge on any atom is 0.00223 e. The molecule has 0 saturated heterocycles. The van der Waals surface area contributed by atoms with Gasteiger partial charge in [0.05, 0.1) is 0 Å². The minimum absolute atomic E-state index is 0.240. The molecule has 0 nitrogen and oxygen atoms in total. The molecule has 0 fully saturated rings. The Morgan fingerprint density at radius 1 is 0.857 bits per heavy atom. The Balaban J connectivity index is 1.70. The summed E-state index contributed by atoms with van der Waals surface area (Å²) in [4.78, 5) is 1.51. The Morgan fingerprint density at radius 3 is 2.00 bits per heavy atom. The lowest BCUT2D eigenvalue weighted by Crippen LogP contribution is -2.14. The van der Waals surface area contributed by atoms with Gasteiger partial charge in [-0.2, -0.15) is 0 Å². The monoisotopic (exact) mass is 310 g/mol. The van der Waals surface area contributed by atoms with E-state index < -0.39 is 0 Å². The molecular weight excluding hydrogens is 291 g/mol. The van der Waals surface area contributed by atoms with Crippen LogP contribution in [0.3, 0.4) is 0 Å². The molecule has 0 spiro atoms. The first kappa shape index (κ1) is 14.6. The van der Waals surface area contributed by atoms with Gasteiger partial charge >= 0.3 is 0 Å². The van der Waals surface area contributed by atoms with Crippen LogP contribution < -0.4 is 10.6 Å². The summed E-state index contributed by atoms with van der Waals surface area (Å²) >= 11 is 2.02. The van der Waals surface area contributed by atoms with Crippen LogP contribution in [0.4, 0.5) is 0 Å². The van der Waals surface area contributed by atoms with Crippen LogP contribution in [0.1, 0.15) is 6.42 Å². The molecule has 1 aliphatic rings. The molecule has 0 aromatic heterocycles. The summed E-state index contributed by atoms with van der Waals surface area (Å²) in [5, 5.41) is 2.97. The first-order chi connectivity index (χ1) is 10.4. The minimum Gasteiger partial charge on any atom is -0.130 e. The molecule has 1 aliphatic carbocycles. The van der Waals surface area contributed by atoms with E-state index in [2.05, 4.69) is 78.9 Å². The summed E-state index contributed by atoms with van der Waals surface area (Å²) in [5.74, 6) is 1.20. The van der Waals surface area contributed by atoms with Gasteiger partial charge < -0.3 is 0 Å². The fourth-order valence-electron chi connectivity index (χ4n) is 2.43. The summed E-state index contributed by atoms with van der Waals surface area (Å²) in [5.41, 5.74) is 0. The van der Waals surface area contributed by atoms with Crippen molar-refractivity contribution in [2.24, 2.45) is 0 Å². The highest BCUT2D eigenvalue weighted by Gasteiger charge is 2.13. The third kappa shape index (κ3) is 4.09. The van der Waals surface area contributed by atoms with E-state index in [-0.39, 0.29) is 7.92 Å². The second-order valence-corrected chi connectivity index (χ2v) is 8.49.